The molecule has 1 aromatic carbocycles. The van der Waals surface area contributed by atoms with Crippen LogP contribution in [-0.4, -0.2) is 31.0 Å². The minimum atomic E-state index is 0.211. The quantitative estimate of drug-likeness (QED) is 0.837. The molecule has 1 aliphatic heterocycles. The Morgan fingerprint density at radius 1 is 1.26 bits per heavy atom. The van der Waals surface area contributed by atoms with Gasteiger partial charge in [-0.05, 0) is 24.3 Å². The van der Waals surface area contributed by atoms with E-state index in [1.807, 2.05) is 29.2 Å². The highest BCUT2D eigenvalue weighted by Gasteiger charge is 2.25. The normalized spacial score (nSPS) is 23.2. The standard InChI is InChI=1S/C16H23NO2/c1-12-8-13(2)11-17(10-12)16(18)9-14-6-4-5-7-15(14)19-3/h4-7,12-13H,8-11H2,1-3H3/t12-,13+. The number of likely N-dealkylation sites (tertiary alicyclic amines) is 1. The smallest absolute Gasteiger partial charge is 0.227 e. The number of methoxy groups -OCH3 is 1. The summed E-state index contributed by atoms with van der Waals surface area (Å²) in [6.07, 6.45) is 1.65. The fourth-order valence-corrected chi connectivity index (χ4v) is 2.99. The molecule has 1 aromatic rings. The van der Waals surface area contributed by atoms with Crippen molar-refractivity contribution in [3.8, 4) is 5.75 Å². The molecule has 2 rings (SSSR count). The van der Waals surface area contributed by atoms with Crippen LogP contribution >= 0.6 is 0 Å². The average Bonchev–Trinajstić information content (AvgIpc) is 2.38. The largest absolute Gasteiger partial charge is 0.496 e. The number of amides is 1. The summed E-state index contributed by atoms with van der Waals surface area (Å²) in [6.45, 7) is 6.22. The topological polar surface area (TPSA) is 29.5 Å². The summed E-state index contributed by atoms with van der Waals surface area (Å²) in [7, 11) is 1.65. The van der Waals surface area contributed by atoms with Gasteiger partial charge in [0, 0.05) is 18.7 Å². The van der Waals surface area contributed by atoms with Crippen LogP contribution in [0.1, 0.15) is 25.8 Å². The van der Waals surface area contributed by atoms with E-state index in [-0.39, 0.29) is 5.91 Å². The Hall–Kier alpha value is -1.51. The van der Waals surface area contributed by atoms with Crippen LogP contribution in [0, 0.1) is 11.8 Å². The summed E-state index contributed by atoms with van der Waals surface area (Å²) in [5, 5.41) is 0. The molecular weight excluding hydrogens is 238 g/mol. The summed E-state index contributed by atoms with van der Waals surface area (Å²) >= 11 is 0. The summed E-state index contributed by atoms with van der Waals surface area (Å²) in [5.74, 6) is 2.22. The molecule has 0 aliphatic carbocycles. The van der Waals surface area contributed by atoms with Crippen molar-refractivity contribution < 1.29 is 9.53 Å². The molecular formula is C16H23NO2. The highest BCUT2D eigenvalue weighted by molar-refractivity contribution is 5.79. The van der Waals surface area contributed by atoms with E-state index >= 15 is 0 Å². The first kappa shape index (κ1) is 13.9. The highest BCUT2D eigenvalue weighted by atomic mass is 16.5. The molecule has 0 unspecified atom stereocenters. The number of carbonyl (C=O) groups excluding carboxylic acids is 1. The fraction of sp³-hybridized carbons (Fsp3) is 0.562. The van der Waals surface area contributed by atoms with Crippen LogP contribution in [0.15, 0.2) is 24.3 Å². The van der Waals surface area contributed by atoms with Crippen LogP contribution in [-0.2, 0) is 11.2 Å². The van der Waals surface area contributed by atoms with Crippen molar-refractivity contribution in [2.24, 2.45) is 11.8 Å². The monoisotopic (exact) mass is 261 g/mol. The van der Waals surface area contributed by atoms with Crippen LogP contribution in [0.4, 0.5) is 0 Å². The number of piperidine rings is 1. The molecule has 104 valence electrons. The maximum Gasteiger partial charge on any atom is 0.227 e. The van der Waals surface area contributed by atoms with Gasteiger partial charge in [-0.3, -0.25) is 4.79 Å². The molecule has 1 fully saturated rings. The van der Waals surface area contributed by atoms with Crippen LogP contribution in [0.5, 0.6) is 5.75 Å². The molecule has 1 saturated heterocycles. The second kappa shape index (κ2) is 6.09. The van der Waals surface area contributed by atoms with Crippen LogP contribution in [0.3, 0.4) is 0 Å². The lowest BCUT2D eigenvalue weighted by atomic mass is 9.91. The van der Waals surface area contributed by atoms with E-state index in [9.17, 15) is 4.79 Å². The number of nitrogens with zero attached hydrogens (tertiary/aromatic N) is 1. The van der Waals surface area contributed by atoms with Crippen molar-refractivity contribution in [1.82, 2.24) is 4.90 Å². The third-order valence-electron chi connectivity index (χ3n) is 3.76. The number of carbonyl (C=O) groups is 1. The number of benzene rings is 1. The molecule has 1 amide bonds. The number of rotatable bonds is 3. The van der Waals surface area contributed by atoms with Crippen molar-refractivity contribution in [1.29, 1.82) is 0 Å². The highest BCUT2D eigenvalue weighted by Crippen LogP contribution is 2.23. The second-order valence-corrected chi connectivity index (χ2v) is 5.73. The second-order valence-electron chi connectivity index (χ2n) is 5.73. The number of para-hydroxylation sites is 1. The van der Waals surface area contributed by atoms with E-state index < -0.39 is 0 Å². The summed E-state index contributed by atoms with van der Waals surface area (Å²) < 4.78 is 5.31. The van der Waals surface area contributed by atoms with Gasteiger partial charge in [0.1, 0.15) is 5.75 Å². The lowest BCUT2D eigenvalue weighted by molar-refractivity contribution is -0.133. The van der Waals surface area contributed by atoms with Crippen molar-refractivity contribution in [3.63, 3.8) is 0 Å². The summed E-state index contributed by atoms with van der Waals surface area (Å²) in [5.41, 5.74) is 0.973. The Morgan fingerprint density at radius 3 is 2.53 bits per heavy atom. The molecule has 3 heteroatoms. The van der Waals surface area contributed by atoms with Gasteiger partial charge in [-0.25, -0.2) is 0 Å². The Morgan fingerprint density at radius 2 is 1.89 bits per heavy atom. The Bertz CT molecular complexity index is 434. The molecule has 0 bridgehead atoms. The zero-order valence-electron chi connectivity index (χ0n) is 12.1. The number of hydrogen-bond donors (Lipinski definition) is 0. The summed E-state index contributed by atoms with van der Waals surface area (Å²) in [6, 6.07) is 7.75. The first-order valence-corrected chi connectivity index (χ1v) is 6.99. The molecule has 3 nitrogen and oxygen atoms in total. The van der Waals surface area contributed by atoms with Crippen LogP contribution < -0.4 is 4.74 Å². The van der Waals surface area contributed by atoms with Gasteiger partial charge in [0.2, 0.25) is 5.91 Å². The first-order chi connectivity index (χ1) is 9.10. The minimum Gasteiger partial charge on any atom is -0.496 e. The lowest BCUT2D eigenvalue weighted by Crippen LogP contribution is -2.43. The van der Waals surface area contributed by atoms with E-state index in [1.165, 1.54) is 6.42 Å². The third kappa shape index (κ3) is 3.49. The van der Waals surface area contributed by atoms with Gasteiger partial charge in [-0.2, -0.15) is 0 Å². The molecule has 0 saturated carbocycles. The predicted molar refractivity (Wildman–Crippen MR) is 76.2 cm³/mol. The minimum absolute atomic E-state index is 0.211. The van der Waals surface area contributed by atoms with E-state index in [1.54, 1.807) is 7.11 Å². The molecule has 1 aliphatic rings. The third-order valence-corrected chi connectivity index (χ3v) is 3.76. The molecule has 19 heavy (non-hydrogen) atoms. The molecule has 0 spiro atoms. The maximum absolute atomic E-state index is 12.4. The SMILES string of the molecule is COc1ccccc1CC(=O)N1C[C@H](C)C[C@H](C)C1. The molecule has 1 heterocycles. The zero-order chi connectivity index (χ0) is 13.8. The van der Waals surface area contributed by atoms with Gasteiger partial charge in [0.25, 0.3) is 0 Å². The van der Waals surface area contributed by atoms with Gasteiger partial charge in [-0.1, -0.05) is 32.0 Å². The van der Waals surface area contributed by atoms with Crippen molar-refractivity contribution in [3.05, 3.63) is 29.8 Å². The van der Waals surface area contributed by atoms with Gasteiger partial charge in [0.05, 0.1) is 13.5 Å². The Labute approximate surface area is 115 Å². The summed E-state index contributed by atoms with van der Waals surface area (Å²) in [4.78, 5) is 14.4. The Kier molecular flexibility index (Phi) is 4.46. The van der Waals surface area contributed by atoms with Crippen molar-refractivity contribution in [2.45, 2.75) is 26.7 Å². The Balaban J connectivity index is 2.04. The molecule has 0 N–H and O–H groups in total. The van der Waals surface area contributed by atoms with Gasteiger partial charge in [-0.15, -0.1) is 0 Å². The maximum atomic E-state index is 12.4. The number of ether oxygens (including phenoxy) is 1. The van der Waals surface area contributed by atoms with E-state index in [0.717, 1.165) is 24.4 Å². The predicted octanol–water partition coefficient (Wildman–Crippen LogP) is 2.74. The van der Waals surface area contributed by atoms with E-state index in [2.05, 4.69) is 13.8 Å². The lowest BCUT2D eigenvalue weighted by Gasteiger charge is -2.35. The van der Waals surface area contributed by atoms with Crippen LogP contribution in [0.25, 0.3) is 0 Å². The van der Waals surface area contributed by atoms with Crippen molar-refractivity contribution >= 4 is 5.91 Å². The van der Waals surface area contributed by atoms with Gasteiger partial charge >= 0.3 is 0 Å². The number of hydrogen-bond acceptors (Lipinski definition) is 2. The van der Waals surface area contributed by atoms with Crippen LogP contribution in [0.2, 0.25) is 0 Å². The fourth-order valence-electron chi connectivity index (χ4n) is 2.99. The molecule has 0 aromatic heterocycles. The van der Waals surface area contributed by atoms with Crippen molar-refractivity contribution in [2.75, 3.05) is 20.2 Å². The molecule has 0 radical (unpaired) electrons. The van der Waals surface area contributed by atoms with E-state index in [0.29, 0.717) is 18.3 Å². The average molecular weight is 261 g/mol. The van der Waals surface area contributed by atoms with Gasteiger partial charge < -0.3 is 9.64 Å². The zero-order valence-corrected chi connectivity index (χ0v) is 12.1. The molecule has 2 atom stereocenters. The van der Waals surface area contributed by atoms with E-state index in [4.69, 9.17) is 4.74 Å². The first-order valence-electron chi connectivity index (χ1n) is 6.99. The van der Waals surface area contributed by atoms with Gasteiger partial charge in [0.15, 0.2) is 0 Å².